The molecule has 0 aliphatic heterocycles. The third-order valence-corrected chi connectivity index (χ3v) is 4.07. The Labute approximate surface area is 155 Å². The van der Waals surface area contributed by atoms with Gasteiger partial charge < -0.3 is 25.5 Å². The second-order valence-electron chi connectivity index (χ2n) is 5.15. The molecule has 0 unspecified atom stereocenters. The zero-order valence-corrected chi connectivity index (χ0v) is 14.5. The molecule has 12 heteroatoms. The quantitative estimate of drug-likeness (QED) is 0.574. The molecule has 0 atom stereocenters. The lowest BCUT2D eigenvalue weighted by Crippen LogP contribution is -2.21. The number of carbonyl (C=O) groups is 2. The standard InChI is InChI=1S/C15H15F3N4O4S/c16-15(17,18)26-11-3-1-9(2-4-11)21-13(25)8-27-14-20-5-10(7-23)22(14)6-12(19)24/h1-5,23H,6-8H2,(H2,19,24)(H,21,25). The lowest BCUT2D eigenvalue weighted by atomic mass is 10.3. The van der Waals surface area contributed by atoms with E-state index in [4.69, 9.17) is 5.73 Å². The molecular formula is C15H15F3N4O4S. The van der Waals surface area contributed by atoms with Gasteiger partial charge in [0.25, 0.3) is 0 Å². The average molecular weight is 404 g/mol. The highest BCUT2D eigenvalue weighted by Crippen LogP contribution is 2.24. The lowest BCUT2D eigenvalue weighted by Gasteiger charge is -2.10. The Bertz CT molecular complexity index is 808. The number of thioether (sulfide) groups is 1. The predicted molar refractivity (Wildman–Crippen MR) is 89.8 cm³/mol. The maximum Gasteiger partial charge on any atom is 0.573 e. The van der Waals surface area contributed by atoms with Crippen molar-refractivity contribution < 1.29 is 32.6 Å². The van der Waals surface area contributed by atoms with Crippen LogP contribution in [0.3, 0.4) is 0 Å². The molecule has 0 radical (unpaired) electrons. The highest BCUT2D eigenvalue weighted by Gasteiger charge is 2.30. The first kappa shape index (κ1) is 20.6. The number of nitrogens with zero attached hydrogens (tertiary/aromatic N) is 2. The van der Waals surface area contributed by atoms with Crippen molar-refractivity contribution in [2.75, 3.05) is 11.1 Å². The summed E-state index contributed by atoms with van der Waals surface area (Å²) in [6.45, 7) is -0.542. The van der Waals surface area contributed by atoms with Crippen LogP contribution in [0.15, 0.2) is 35.6 Å². The van der Waals surface area contributed by atoms with E-state index in [9.17, 15) is 27.9 Å². The summed E-state index contributed by atoms with van der Waals surface area (Å²) in [5.74, 6) is -1.56. The monoisotopic (exact) mass is 404 g/mol. The van der Waals surface area contributed by atoms with Crippen LogP contribution < -0.4 is 15.8 Å². The molecule has 1 heterocycles. The number of anilines is 1. The van der Waals surface area contributed by atoms with Crippen molar-refractivity contribution in [3.63, 3.8) is 0 Å². The molecular weight excluding hydrogens is 389 g/mol. The highest BCUT2D eigenvalue weighted by atomic mass is 32.2. The fourth-order valence-electron chi connectivity index (χ4n) is 2.03. The van der Waals surface area contributed by atoms with Crippen molar-refractivity contribution in [3.8, 4) is 5.75 Å². The Balaban J connectivity index is 1.93. The topological polar surface area (TPSA) is 119 Å². The summed E-state index contributed by atoms with van der Waals surface area (Å²) in [4.78, 5) is 27.1. The maximum atomic E-state index is 12.1. The van der Waals surface area contributed by atoms with Gasteiger partial charge in [0.05, 0.1) is 24.3 Å². The van der Waals surface area contributed by atoms with E-state index in [1.807, 2.05) is 0 Å². The molecule has 4 N–H and O–H groups in total. The molecule has 2 aromatic rings. The van der Waals surface area contributed by atoms with E-state index >= 15 is 0 Å². The van der Waals surface area contributed by atoms with Crippen LogP contribution in [0, 0.1) is 0 Å². The largest absolute Gasteiger partial charge is 0.573 e. The van der Waals surface area contributed by atoms with Crippen molar-refractivity contribution in [1.82, 2.24) is 9.55 Å². The van der Waals surface area contributed by atoms with Crippen molar-refractivity contribution in [1.29, 1.82) is 0 Å². The Morgan fingerprint density at radius 3 is 2.52 bits per heavy atom. The van der Waals surface area contributed by atoms with Gasteiger partial charge in [-0.25, -0.2) is 4.98 Å². The molecule has 146 valence electrons. The Morgan fingerprint density at radius 2 is 1.96 bits per heavy atom. The number of imidazole rings is 1. The van der Waals surface area contributed by atoms with Gasteiger partial charge in [-0.3, -0.25) is 9.59 Å². The van der Waals surface area contributed by atoms with E-state index in [-0.39, 0.29) is 24.6 Å². The molecule has 1 aromatic heterocycles. The van der Waals surface area contributed by atoms with Gasteiger partial charge in [-0.2, -0.15) is 0 Å². The molecule has 0 saturated carbocycles. The van der Waals surface area contributed by atoms with E-state index in [1.165, 1.54) is 22.9 Å². The predicted octanol–water partition coefficient (Wildman–Crippen LogP) is 1.49. The summed E-state index contributed by atoms with van der Waals surface area (Å²) in [6, 6.07) is 4.68. The van der Waals surface area contributed by atoms with E-state index in [2.05, 4.69) is 15.0 Å². The zero-order chi connectivity index (χ0) is 20.0. The average Bonchev–Trinajstić information content (AvgIpc) is 2.94. The minimum Gasteiger partial charge on any atom is -0.406 e. The first-order valence-electron chi connectivity index (χ1n) is 7.40. The van der Waals surface area contributed by atoms with Gasteiger partial charge in [0.1, 0.15) is 12.3 Å². The number of hydrogen-bond acceptors (Lipinski definition) is 6. The van der Waals surface area contributed by atoms with Gasteiger partial charge in [-0.15, -0.1) is 13.2 Å². The van der Waals surface area contributed by atoms with Crippen LogP contribution >= 0.6 is 11.8 Å². The molecule has 2 rings (SSSR count). The van der Waals surface area contributed by atoms with Crippen molar-refractivity contribution in [2.24, 2.45) is 5.73 Å². The molecule has 2 amide bonds. The second-order valence-corrected chi connectivity index (χ2v) is 6.09. The molecule has 0 bridgehead atoms. The smallest absolute Gasteiger partial charge is 0.406 e. The second kappa shape index (κ2) is 8.77. The molecule has 1 aromatic carbocycles. The van der Waals surface area contributed by atoms with Crippen molar-refractivity contribution in [3.05, 3.63) is 36.2 Å². The van der Waals surface area contributed by atoms with E-state index in [0.29, 0.717) is 10.9 Å². The van der Waals surface area contributed by atoms with Crippen molar-refractivity contribution >= 4 is 29.3 Å². The van der Waals surface area contributed by atoms with Gasteiger partial charge in [-0.05, 0) is 24.3 Å². The summed E-state index contributed by atoms with van der Waals surface area (Å²) in [7, 11) is 0. The highest BCUT2D eigenvalue weighted by molar-refractivity contribution is 7.99. The summed E-state index contributed by atoms with van der Waals surface area (Å²) in [6.07, 6.45) is -3.43. The van der Waals surface area contributed by atoms with Gasteiger partial charge in [0.15, 0.2) is 5.16 Å². The molecule has 0 aliphatic carbocycles. The van der Waals surface area contributed by atoms with Gasteiger partial charge in [0, 0.05) is 5.69 Å². The van der Waals surface area contributed by atoms with Gasteiger partial charge >= 0.3 is 6.36 Å². The number of hydrogen-bond donors (Lipinski definition) is 3. The Hall–Kier alpha value is -2.73. The number of benzene rings is 1. The van der Waals surface area contributed by atoms with Crippen LogP contribution in [-0.2, 0) is 22.7 Å². The lowest BCUT2D eigenvalue weighted by molar-refractivity contribution is -0.274. The number of ether oxygens (including phenoxy) is 1. The summed E-state index contributed by atoms with van der Waals surface area (Å²) in [5.41, 5.74) is 5.80. The van der Waals surface area contributed by atoms with E-state index in [1.54, 1.807) is 0 Å². The van der Waals surface area contributed by atoms with Crippen LogP contribution in [0.25, 0.3) is 0 Å². The fourth-order valence-corrected chi connectivity index (χ4v) is 2.82. The summed E-state index contributed by atoms with van der Waals surface area (Å²) < 4.78 is 41.4. The number of aromatic nitrogens is 2. The number of primary amides is 1. The normalized spacial score (nSPS) is 11.3. The summed E-state index contributed by atoms with van der Waals surface area (Å²) >= 11 is 1.01. The molecule has 0 fully saturated rings. The third-order valence-electron chi connectivity index (χ3n) is 3.08. The minimum atomic E-state index is -4.79. The minimum absolute atomic E-state index is 0.0819. The molecule has 0 saturated heterocycles. The van der Waals surface area contributed by atoms with Crippen LogP contribution in [0.4, 0.5) is 18.9 Å². The Morgan fingerprint density at radius 1 is 1.30 bits per heavy atom. The number of aliphatic hydroxyl groups is 1. The number of amides is 2. The van der Waals surface area contributed by atoms with Crippen LogP contribution in [0.5, 0.6) is 5.75 Å². The molecule has 0 spiro atoms. The number of alkyl halides is 3. The van der Waals surface area contributed by atoms with Crippen LogP contribution in [0.1, 0.15) is 5.69 Å². The van der Waals surface area contributed by atoms with Crippen LogP contribution in [-0.4, -0.2) is 38.6 Å². The van der Waals surface area contributed by atoms with Crippen molar-refractivity contribution in [2.45, 2.75) is 24.7 Å². The third kappa shape index (κ3) is 6.49. The number of aliphatic hydroxyl groups excluding tert-OH is 1. The first-order valence-corrected chi connectivity index (χ1v) is 8.38. The number of nitrogens with two attached hydrogens (primary N) is 1. The van der Waals surface area contributed by atoms with Gasteiger partial charge in [-0.1, -0.05) is 11.8 Å². The number of carbonyl (C=O) groups excluding carboxylic acids is 2. The zero-order valence-electron chi connectivity index (χ0n) is 13.7. The summed E-state index contributed by atoms with van der Waals surface area (Å²) in [5, 5.41) is 12.1. The maximum absolute atomic E-state index is 12.1. The first-order chi connectivity index (χ1) is 12.7. The SMILES string of the molecule is NC(=O)Cn1c(CO)cnc1SCC(=O)Nc1ccc(OC(F)(F)F)cc1. The van der Waals surface area contributed by atoms with Gasteiger partial charge in [0.2, 0.25) is 11.8 Å². The Kier molecular flexibility index (Phi) is 6.69. The van der Waals surface area contributed by atoms with Crippen LogP contribution in [0.2, 0.25) is 0 Å². The van der Waals surface area contributed by atoms with E-state index < -0.39 is 23.9 Å². The number of halogens is 3. The molecule has 27 heavy (non-hydrogen) atoms. The number of rotatable bonds is 8. The fraction of sp³-hybridized carbons (Fsp3) is 0.267. The van der Waals surface area contributed by atoms with E-state index in [0.717, 1.165) is 23.9 Å². The molecule has 0 aliphatic rings. The number of nitrogens with one attached hydrogen (secondary N) is 1. The molecule has 8 nitrogen and oxygen atoms in total.